The highest BCUT2D eigenvalue weighted by Crippen LogP contribution is 2.37. The van der Waals surface area contributed by atoms with Gasteiger partial charge in [-0.25, -0.2) is 0 Å². The molecule has 0 saturated heterocycles. The number of ether oxygens (including phenoxy) is 1. The Kier molecular flexibility index (Phi) is 3.69. The van der Waals surface area contributed by atoms with Gasteiger partial charge in [0.1, 0.15) is 11.9 Å². The second-order valence-corrected chi connectivity index (χ2v) is 6.04. The normalized spacial score (nSPS) is 15.8. The Balaban J connectivity index is 1.96. The van der Waals surface area contributed by atoms with Crippen molar-refractivity contribution in [1.82, 2.24) is 0 Å². The molecule has 1 aromatic carbocycles. The van der Waals surface area contributed by atoms with Crippen molar-refractivity contribution >= 4 is 22.9 Å². The van der Waals surface area contributed by atoms with Gasteiger partial charge >= 0.3 is 0 Å². The van der Waals surface area contributed by atoms with Crippen LogP contribution in [0.25, 0.3) is 0 Å². The Morgan fingerprint density at radius 3 is 2.90 bits per heavy atom. The summed E-state index contributed by atoms with van der Waals surface area (Å²) in [4.78, 5) is 14.2. The number of aliphatic hydroxyl groups is 1. The van der Waals surface area contributed by atoms with Crippen molar-refractivity contribution < 1.29 is 14.6 Å². The highest BCUT2D eigenvalue weighted by atomic mass is 32.1. The van der Waals surface area contributed by atoms with Gasteiger partial charge in [0.25, 0.3) is 0 Å². The van der Waals surface area contributed by atoms with Crippen LogP contribution in [0.5, 0.6) is 5.75 Å². The van der Waals surface area contributed by atoms with E-state index in [0.717, 1.165) is 28.1 Å². The summed E-state index contributed by atoms with van der Waals surface area (Å²) in [5.74, 6) is 0.841. The Morgan fingerprint density at radius 2 is 2.14 bits per heavy atom. The first kappa shape index (κ1) is 14.1. The Bertz CT molecular complexity index is 680. The zero-order valence-electron chi connectivity index (χ0n) is 12.0. The van der Waals surface area contributed by atoms with Gasteiger partial charge in [0.15, 0.2) is 0 Å². The lowest BCUT2D eigenvalue weighted by atomic mass is 9.96. The van der Waals surface area contributed by atoms with Gasteiger partial charge < -0.3 is 14.7 Å². The summed E-state index contributed by atoms with van der Waals surface area (Å²) >= 11 is 1.48. The predicted molar refractivity (Wildman–Crippen MR) is 83.1 cm³/mol. The van der Waals surface area contributed by atoms with E-state index >= 15 is 0 Å². The Morgan fingerprint density at radius 1 is 1.33 bits per heavy atom. The average molecular weight is 303 g/mol. The minimum atomic E-state index is -0.701. The number of carbonyl (C=O) groups excluding carboxylic acids is 1. The smallest absolute Gasteiger partial charge is 0.227 e. The molecule has 1 aromatic heterocycles. The number of fused-ring (bicyclic) bond motifs is 1. The summed E-state index contributed by atoms with van der Waals surface area (Å²) in [5, 5.41) is 12.5. The number of carbonyl (C=O) groups is 1. The van der Waals surface area contributed by atoms with Crippen LogP contribution in [0.3, 0.4) is 0 Å². The summed E-state index contributed by atoms with van der Waals surface area (Å²) in [6.07, 6.45) is 0.541. The molecule has 2 heterocycles. The number of nitrogens with zero attached hydrogens (tertiary/aromatic N) is 1. The third-order valence-corrected chi connectivity index (χ3v) is 4.84. The lowest BCUT2D eigenvalue weighted by Gasteiger charge is -2.26. The SMILES string of the molecule is COc1ccsc1C(O)c1ccc2c(c1)CCC(=O)N2C. The summed E-state index contributed by atoms with van der Waals surface area (Å²) in [6, 6.07) is 7.62. The van der Waals surface area contributed by atoms with Gasteiger partial charge in [-0.15, -0.1) is 11.3 Å². The lowest BCUT2D eigenvalue weighted by Crippen LogP contribution is -2.31. The molecule has 1 N–H and O–H groups in total. The summed E-state index contributed by atoms with van der Waals surface area (Å²) in [7, 11) is 3.39. The van der Waals surface area contributed by atoms with Crippen LogP contribution in [0, 0.1) is 0 Å². The Hall–Kier alpha value is -1.85. The van der Waals surface area contributed by atoms with Gasteiger partial charge in [-0.1, -0.05) is 12.1 Å². The average Bonchev–Trinajstić information content (AvgIpc) is 2.98. The molecular formula is C16H17NO3S. The van der Waals surface area contributed by atoms with Gasteiger partial charge in [0, 0.05) is 19.2 Å². The van der Waals surface area contributed by atoms with E-state index in [0.29, 0.717) is 12.2 Å². The van der Waals surface area contributed by atoms with Crippen LogP contribution in [-0.2, 0) is 11.2 Å². The summed E-state index contributed by atoms with van der Waals surface area (Å²) in [6.45, 7) is 0. The van der Waals surface area contributed by atoms with Crippen LogP contribution in [0.15, 0.2) is 29.6 Å². The van der Waals surface area contributed by atoms with Crippen molar-refractivity contribution in [3.8, 4) is 5.75 Å². The first-order chi connectivity index (χ1) is 10.1. The fourth-order valence-corrected chi connectivity index (χ4v) is 3.55. The number of amides is 1. The van der Waals surface area contributed by atoms with E-state index in [1.54, 1.807) is 19.1 Å². The predicted octanol–water partition coefficient (Wildman–Crippen LogP) is 2.75. The topological polar surface area (TPSA) is 49.8 Å². The molecule has 5 heteroatoms. The molecule has 2 aromatic rings. The van der Waals surface area contributed by atoms with Crippen LogP contribution in [-0.4, -0.2) is 25.2 Å². The number of methoxy groups -OCH3 is 1. The van der Waals surface area contributed by atoms with Crippen LogP contribution < -0.4 is 9.64 Å². The minimum Gasteiger partial charge on any atom is -0.495 e. The Labute approximate surface area is 127 Å². The van der Waals surface area contributed by atoms with E-state index in [1.165, 1.54) is 11.3 Å². The first-order valence-electron chi connectivity index (χ1n) is 6.80. The third kappa shape index (κ3) is 2.43. The van der Waals surface area contributed by atoms with Crippen LogP contribution >= 0.6 is 11.3 Å². The van der Waals surface area contributed by atoms with Gasteiger partial charge in [0.05, 0.1) is 12.0 Å². The number of hydrogen-bond acceptors (Lipinski definition) is 4. The molecule has 1 amide bonds. The number of rotatable bonds is 3. The number of aliphatic hydroxyl groups excluding tert-OH is 1. The molecule has 110 valence electrons. The van der Waals surface area contributed by atoms with Gasteiger partial charge in [-0.2, -0.15) is 0 Å². The molecule has 0 aliphatic carbocycles. The highest BCUT2D eigenvalue weighted by molar-refractivity contribution is 7.10. The minimum absolute atomic E-state index is 0.135. The van der Waals surface area contributed by atoms with Crippen LogP contribution in [0.2, 0.25) is 0 Å². The molecule has 0 radical (unpaired) electrons. The number of hydrogen-bond donors (Lipinski definition) is 1. The summed E-state index contributed by atoms with van der Waals surface area (Å²) in [5.41, 5.74) is 2.86. The van der Waals surface area contributed by atoms with Crippen molar-refractivity contribution in [3.63, 3.8) is 0 Å². The van der Waals surface area contributed by atoms with Gasteiger partial charge in [-0.3, -0.25) is 4.79 Å². The fraction of sp³-hybridized carbons (Fsp3) is 0.312. The second kappa shape index (κ2) is 5.50. The molecular weight excluding hydrogens is 286 g/mol. The maximum absolute atomic E-state index is 11.7. The molecule has 4 nitrogen and oxygen atoms in total. The number of aryl methyl sites for hydroxylation is 1. The zero-order chi connectivity index (χ0) is 15.0. The van der Waals surface area contributed by atoms with Crippen molar-refractivity contribution in [2.24, 2.45) is 0 Å². The third-order valence-electron chi connectivity index (χ3n) is 3.89. The fourth-order valence-electron chi connectivity index (χ4n) is 2.68. The molecule has 1 unspecified atom stereocenters. The largest absolute Gasteiger partial charge is 0.495 e. The van der Waals surface area contributed by atoms with Crippen molar-refractivity contribution in [2.45, 2.75) is 18.9 Å². The molecule has 1 aliphatic rings. The molecule has 0 fully saturated rings. The quantitative estimate of drug-likeness (QED) is 0.948. The number of benzene rings is 1. The number of anilines is 1. The van der Waals surface area contributed by atoms with E-state index in [2.05, 4.69) is 0 Å². The molecule has 1 aliphatic heterocycles. The van der Waals surface area contributed by atoms with Crippen molar-refractivity contribution in [3.05, 3.63) is 45.6 Å². The molecule has 1 atom stereocenters. The van der Waals surface area contributed by atoms with Gasteiger partial charge in [0.2, 0.25) is 5.91 Å². The van der Waals surface area contributed by atoms with Gasteiger partial charge in [-0.05, 0) is 35.1 Å². The standard InChI is InChI=1S/C16H17NO3S/c1-17-12-5-3-11(9-10(12)4-6-14(17)18)15(19)16-13(20-2)7-8-21-16/h3,5,7-9,15,19H,4,6H2,1-2H3. The van der Waals surface area contributed by atoms with E-state index in [1.807, 2.05) is 29.6 Å². The maximum Gasteiger partial charge on any atom is 0.227 e. The van der Waals surface area contributed by atoms with E-state index in [9.17, 15) is 9.90 Å². The molecule has 21 heavy (non-hydrogen) atoms. The van der Waals surface area contributed by atoms with Crippen LogP contribution in [0.4, 0.5) is 5.69 Å². The van der Waals surface area contributed by atoms with E-state index in [4.69, 9.17) is 4.74 Å². The number of thiophene rings is 1. The second-order valence-electron chi connectivity index (χ2n) is 5.10. The molecule has 0 saturated carbocycles. The van der Waals surface area contributed by atoms with E-state index in [-0.39, 0.29) is 5.91 Å². The van der Waals surface area contributed by atoms with Crippen LogP contribution in [0.1, 0.15) is 28.5 Å². The first-order valence-corrected chi connectivity index (χ1v) is 7.68. The molecule has 0 bridgehead atoms. The molecule has 0 spiro atoms. The lowest BCUT2D eigenvalue weighted by molar-refractivity contribution is -0.118. The highest BCUT2D eigenvalue weighted by Gasteiger charge is 2.23. The summed E-state index contributed by atoms with van der Waals surface area (Å²) < 4.78 is 5.27. The van der Waals surface area contributed by atoms with Crippen molar-refractivity contribution in [1.29, 1.82) is 0 Å². The van der Waals surface area contributed by atoms with E-state index < -0.39 is 6.10 Å². The van der Waals surface area contributed by atoms with Crippen molar-refractivity contribution in [2.75, 3.05) is 19.1 Å². The maximum atomic E-state index is 11.7. The monoisotopic (exact) mass is 303 g/mol. The molecule has 3 rings (SSSR count). The zero-order valence-corrected chi connectivity index (χ0v) is 12.8.